The zero-order valence-corrected chi connectivity index (χ0v) is 21.9. The molecule has 6 unspecified atom stereocenters. The molecule has 2 bridgehead atoms. The van der Waals surface area contributed by atoms with Crippen molar-refractivity contribution in [2.75, 3.05) is 13.7 Å². The summed E-state index contributed by atoms with van der Waals surface area (Å²) in [7, 11) is 1.14. The number of aliphatic hydroxyl groups is 5. The molecule has 0 radical (unpaired) electrons. The average molecular weight is 529 g/mol. The highest BCUT2D eigenvalue weighted by Gasteiger charge is 2.84. The SMILES string of the molecule is COC(=O)[C@@]12OC[C@]34[C@H](C(O)C1O)[C@@]1(C)CC(O)C(O)[C@@H](C)[C@@H]1C[C@H]3OC(O)C(OC(=O)CC(C)C)[C@H]42. The Morgan fingerprint density at radius 3 is 2.38 bits per heavy atom. The van der Waals surface area contributed by atoms with Gasteiger partial charge in [0.1, 0.15) is 6.10 Å². The van der Waals surface area contributed by atoms with Crippen LogP contribution in [0.4, 0.5) is 0 Å². The number of methoxy groups -OCH3 is 1. The third-order valence-corrected chi connectivity index (χ3v) is 10.4. The van der Waals surface area contributed by atoms with E-state index < -0.39 is 83.1 Å². The van der Waals surface area contributed by atoms with Gasteiger partial charge in [0.25, 0.3) is 0 Å². The lowest BCUT2D eigenvalue weighted by Gasteiger charge is -2.70. The summed E-state index contributed by atoms with van der Waals surface area (Å²) in [4.78, 5) is 26.1. The quantitative estimate of drug-likeness (QED) is 0.293. The van der Waals surface area contributed by atoms with Gasteiger partial charge >= 0.3 is 11.9 Å². The Kier molecular flexibility index (Phi) is 6.51. The van der Waals surface area contributed by atoms with E-state index in [9.17, 15) is 35.1 Å². The Bertz CT molecular complexity index is 941. The molecule has 0 aromatic heterocycles. The normalized spacial score (nSPS) is 54.3. The van der Waals surface area contributed by atoms with Crippen LogP contribution in [0.15, 0.2) is 0 Å². The van der Waals surface area contributed by atoms with E-state index in [4.69, 9.17) is 18.9 Å². The number of hydrogen-bond donors (Lipinski definition) is 5. The first kappa shape index (κ1) is 27.2. The first-order valence-electron chi connectivity index (χ1n) is 13.2. The van der Waals surface area contributed by atoms with E-state index in [2.05, 4.69) is 0 Å². The van der Waals surface area contributed by atoms with Crippen LogP contribution >= 0.6 is 0 Å². The maximum absolute atomic E-state index is 13.3. The lowest BCUT2D eigenvalue weighted by molar-refractivity contribution is -0.359. The average Bonchev–Trinajstić information content (AvgIpc) is 3.12. The standard InChI is InChI=1S/C26H40O11/c1-10(2)6-15(28)37-18-20-25-9-35-26(20,23(33)34-5)21(31)17(30)19(25)24(4)8-13(27)16(29)11(3)12(24)7-14(25)36-22(18)32/h10-14,16-22,27,29-32H,6-9H2,1-5H3/t11-,12-,13?,14+,16?,17?,18?,19+,20+,21?,22?,24-,25+,26-/m0/s1. The molecule has 210 valence electrons. The molecule has 0 aromatic carbocycles. The predicted molar refractivity (Wildman–Crippen MR) is 124 cm³/mol. The molecule has 37 heavy (non-hydrogen) atoms. The molecule has 11 nitrogen and oxygen atoms in total. The summed E-state index contributed by atoms with van der Waals surface area (Å²) >= 11 is 0. The second-order valence-corrected chi connectivity index (χ2v) is 12.6. The monoisotopic (exact) mass is 528 g/mol. The van der Waals surface area contributed by atoms with Crippen LogP contribution in [0.5, 0.6) is 0 Å². The third-order valence-electron chi connectivity index (χ3n) is 10.4. The van der Waals surface area contributed by atoms with E-state index >= 15 is 0 Å². The van der Waals surface area contributed by atoms with Gasteiger partial charge in [-0.3, -0.25) is 4.79 Å². The fourth-order valence-corrected chi connectivity index (χ4v) is 9.10. The molecule has 2 saturated heterocycles. The maximum atomic E-state index is 13.3. The van der Waals surface area contributed by atoms with Crippen molar-refractivity contribution in [3.05, 3.63) is 0 Å². The molecule has 5 aliphatic rings. The number of carbonyl (C=O) groups excluding carboxylic acids is 2. The third kappa shape index (κ3) is 3.38. The lowest BCUT2D eigenvalue weighted by Crippen LogP contribution is -2.80. The molecule has 1 spiro atoms. The molecule has 5 fully saturated rings. The molecular formula is C26H40O11. The number of fused-ring (bicyclic) bond motifs is 2. The number of hydrogen-bond acceptors (Lipinski definition) is 11. The molecule has 0 aromatic rings. The van der Waals surface area contributed by atoms with Crippen molar-refractivity contribution in [3.63, 3.8) is 0 Å². The zero-order chi connectivity index (χ0) is 27.2. The van der Waals surface area contributed by atoms with Crippen molar-refractivity contribution in [2.45, 2.75) is 95.5 Å². The molecule has 5 rings (SSSR count). The Balaban J connectivity index is 1.69. The largest absolute Gasteiger partial charge is 0.467 e. The summed E-state index contributed by atoms with van der Waals surface area (Å²) in [5, 5.41) is 55.9. The van der Waals surface area contributed by atoms with Crippen molar-refractivity contribution in [2.24, 2.45) is 40.4 Å². The molecule has 3 aliphatic carbocycles. The van der Waals surface area contributed by atoms with Gasteiger partial charge < -0.3 is 44.5 Å². The number of rotatable bonds is 4. The van der Waals surface area contributed by atoms with Crippen LogP contribution in [-0.2, 0) is 28.5 Å². The van der Waals surface area contributed by atoms with Crippen LogP contribution in [0.2, 0.25) is 0 Å². The molecule has 14 atom stereocenters. The van der Waals surface area contributed by atoms with Crippen LogP contribution in [-0.4, -0.2) is 99.7 Å². The van der Waals surface area contributed by atoms with Gasteiger partial charge in [0.15, 0.2) is 12.4 Å². The lowest BCUT2D eigenvalue weighted by atomic mass is 9.37. The highest BCUT2D eigenvalue weighted by molar-refractivity contribution is 5.82. The summed E-state index contributed by atoms with van der Waals surface area (Å²) < 4.78 is 23.1. The number of aliphatic hydroxyl groups excluding tert-OH is 5. The summed E-state index contributed by atoms with van der Waals surface area (Å²) in [6.07, 6.45) is -8.46. The highest BCUT2D eigenvalue weighted by atomic mass is 16.7. The zero-order valence-electron chi connectivity index (χ0n) is 21.9. The second kappa shape index (κ2) is 8.84. The number of ether oxygens (including phenoxy) is 4. The van der Waals surface area contributed by atoms with Gasteiger partial charge in [-0.2, -0.15) is 0 Å². The minimum Gasteiger partial charge on any atom is -0.467 e. The van der Waals surface area contributed by atoms with Gasteiger partial charge in [0.2, 0.25) is 5.60 Å². The fourth-order valence-electron chi connectivity index (χ4n) is 9.10. The van der Waals surface area contributed by atoms with E-state index in [1.807, 2.05) is 27.7 Å². The summed E-state index contributed by atoms with van der Waals surface area (Å²) in [6.45, 7) is 7.32. The van der Waals surface area contributed by atoms with E-state index in [1.165, 1.54) is 0 Å². The first-order chi connectivity index (χ1) is 17.3. The van der Waals surface area contributed by atoms with Crippen LogP contribution in [0.3, 0.4) is 0 Å². The van der Waals surface area contributed by atoms with Crippen molar-refractivity contribution in [1.82, 2.24) is 0 Å². The van der Waals surface area contributed by atoms with E-state index in [0.29, 0.717) is 6.42 Å². The van der Waals surface area contributed by atoms with E-state index in [-0.39, 0.29) is 37.2 Å². The fraction of sp³-hybridized carbons (Fsp3) is 0.923. The second-order valence-electron chi connectivity index (χ2n) is 12.6. The number of carbonyl (C=O) groups is 2. The number of esters is 2. The van der Waals surface area contributed by atoms with Gasteiger partial charge in [-0.05, 0) is 36.0 Å². The van der Waals surface area contributed by atoms with Crippen molar-refractivity contribution in [1.29, 1.82) is 0 Å². The highest BCUT2D eigenvalue weighted by Crippen LogP contribution is 2.73. The van der Waals surface area contributed by atoms with Crippen LogP contribution in [0.25, 0.3) is 0 Å². The molecule has 11 heteroatoms. The predicted octanol–water partition coefficient (Wildman–Crippen LogP) is -0.654. The van der Waals surface area contributed by atoms with Crippen molar-refractivity contribution >= 4 is 11.9 Å². The Labute approximate surface area is 216 Å². The molecule has 3 saturated carbocycles. The smallest absolute Gasteiger partial charge is 0.341 e. The Morgan fingerprint density at radius 2 is 1.76 bits per heavy atom. The summed E-state index contributed by atoms with van der Waals surface area (Å²) in [5.74, 6) is -4.03. The summed E-state index contributed by atoms with van der Waals surface area (Å²) in [6, 6.07) is 0. The molecule has 2 heterocycles. The molecule has 0 amide bonds. The minimum atomic E-state index is -2.10. The van der Waals surface area contributed by atoms with Gasteiger partial charge in [-0.1, -0.05) is 27.7 Å². The molecular weight excluding hydrogens is 488 g/mol. The van der Waals surface area contributed by atoms with Crippen LogP contribution < -0.4 is 0 Å². The Morgan fingerprint density at radius 1 is 1.08 bits per heavy atom. The van der Waals surface area contributed by atoms with Crippen LogP contribution in [0.1, 0.15) is 47.0 Å². The Hall–Kier alpha value is -1.34. The van der Waals surface area contributed by atoms with Crippen molar-refractivity contribution < 1.29 is 54.1 Å². The van der Waals surface area contributed by atoms with Gasteiger partial charge in [-0.25, -0.2) is 4.79 Å². The maximum Gasteiger partial charge on any atom is 0.341 e. The minimum absolute atomic E-state index is 0.0277. The van der Waals surface area contributed by atoms with E-state index in [1.54, 1.807) is 0 Å². The summed E-state index contributed by atoms with van der Waals surface area (Å²) in [5.41, 5.74) is -4.05. The molecule has 2 aliphatic heterocycles. The van der Waals surface area contributed by atoms with Gasteiger partial charge in [0.05, 0.1) is 44.1 Å². The van der Waals surface area contributed by atoms with Crippen LogP contribution in [0, 0.1) is 40.4 Å². The topological polar surface area (TPSA) is 172 Å². The van der Waals surface area contributed by atoms with Gasteiger partial charge in [-0.15, -0.1) is 0 Å². The first-order valence-corrected chi connectivity index (χ1v) is 13.2. The van der Waals surface area contributed by atoms with Gasteiger partial charge in [0, 0.05) is 17.8 Å². The van der Waals surface area contributed by atoms with Crippen molar-refractivity contribution in [3.8, 4) is 0 Å². The van der Waals surface area contributed by atoms with E-state index in [0.717, 1.165) is 7.11 Å². The molecule has 5 N–H and O–H groups in total.